The summed E-state index contributed by atoms with van der Waals surface area (Å²) in [5.41, 5.74) is 1.77. The fourth-order valence-corrected chi connectivity index (χ4v) is 2.97. The number of benzene rings is 1. The minimum absolute atomic E-state index is 0.00814. The van der Waals surface area contributed by atoms with E-state index in [9.17, 15) is 27.9 Å². The number of primary amides is 1. The maximum absolute atomic E-state index is 13.5. The lowest BCUT2D eigenvalue weighted by atomic mass is 10.1. The van der Waals surface area contributed by atoms with Gasteiger partial charge in [0, 0.05) is 12.4 Å². The SMILES string of the molecule is NC(=O)c1nc(-c2cnccc2O)nc2c1[nH]c(=O)n2-c1ccccc1C(F)(F)F. The molecule has 0 radical (unpaired) electrons. The van der Waals surface area contributed by atoms with Crippen molar-refractivity contribution in [1.29, 1.82) is 0 Å². The number of hydrogen-bond acceptors (Lipinski definition) is 6. The molecule has 0 unspecified atom stereocenters. The van der Waals surface area contributed by atoms with E-state index < -0.39 is 34.7 Å². The van der Waals surface area contributed by atoms with Gasteiger partial charge in [0.15, 0.2) is 17.2 Å². The minimum atomic E-state index is -4.76. The molecule has 0 bridgehead atoms. The van der Waals surface area contributed by atoms with E-state index >= 15 is 0 Å². The molecule has 12 heteroatoms. The Balaban J connectivity index is 2.12. The molecule has 0 saturated heterocycles. The number of alkyl halides is 3. The van der Waals surface area contributed by atoms with E-state index in [2.05, 4.69) is 19.9 Å². The molecular weight excluding hydrogens is 405 g/mol. The summed E-state index contributed by atoms with van der Waals surface area (Å²) in [5.74, 6) is -1.59. The number of nitrogens with one attached hydrogen (secondary N) is 1. The molecule has 0 aliphatic carbocycles. The van der Waals surface area contributed by atoms with E-state index in [-0.39, 0.29) is 28.3 Å². The number of nitrogens with two attached hydrogens (primary N) is 1. The molecule has 3 aromatic heterocycles. The van der Waals surface area contributed by atoms with Crippen molar-refractivity contribution in [3.63, 3.8) is 0 Å². The molecular formula is C18H11F3N6O3. The van der Waals surface area contributed by atoms with Crippen LogP contribution in [0, 0.1) is 0 Å². The Labute approximate surface area is 164 Å². The van der Waals surface area contributed by atoms with Gasteiger partial charge in [-0.2, -0.15) is 13.2 Å². The zero-order chi connectivity index (χ0) is 21.6. The van der Waals surface area contributed by atoms with Gasteiger partial charge >= 0.3 is 11.9 Å². The summed E-state index contributed by atoms with van der Waals surface area (Å²) in [6.45, 7) is 0. The van der Waals surface area contributed by atoms with E-state index in [0.717, 1.165) is 12.1 Å². The Morgan fingerprint density at radius 2 is 1.90 bits per heavy atom. The van der Waals surface area contributed by atoms with Gasteiger partial charge in [0.2, 0.25) is 0 Å². The lowest BCUT2D eigenvalue weighted by Crippen LogP contribution is -2.19. The number of aromatic nitrogens is 5. The zero-order valence-electron chi connectivity index (χ0n) is 14.8. The third kappa shape index (κ3) is 3.03. The van der Waals surface area contributed by atoms with Crippen LogP contribution in [0.5, 0.6) is 5.75 Å². The zero-order valence-corrected chi connectivity index (χ0v) is 14.8. The number of carbonyl (C=O) groups excluding carboxylic acids is 1. The average molecular weight is 416 g/mol. The van der Waals surface area contributed by atoms with Crippen LogP contribution in [0.1, 0.15) is 16.1 Å². The molecule has 30 heavy (non-hydrogen) atoms. The van der Waals surface area contributed by atoms with Gasteiger partial charge in [0.1, 0.15) is 11.3 Å². The van der Waals surface area contributed by atoms with Crippen molar-refractivity contribution in [3.8, 4) is 22.8 Å². The second-order valence-corrected chi connectivity index (χ2v) is 6.13. The van der Waals surface area contributed by atoms with Crippen LogP contribution < -0.4 is 11.4 Å². The Morgan fingerprint density at radius 3 is 2.57 bits per heavy atom. The molecule has 0 aliphatic rings. The van der Waals surface area contributed by atoms with Crippen molar-refractivity contribution in [3.05, 3.63) is 64.5 Å². The van der Waals surface area contributed by atoms with E-state index in [4.69, 9.17) is 5.73 Å². The number of pyridine rings is 1. The quantitative estimate of drug-likeness (QED) is 0.467. The number of carbonyl (C=O) groups is 1. The van der Waals surface area contributed by atoms with Gasteiger partial charge in [-0.3, -0.25) is 9.78 Å². The molecule has 0 saturated carbocycles. The number of fused-ring (bicyclic) bond motifs is 1. The Kier molecular flexibility index (Phi) is 4.26. The highest BCUT2D eigenvalue weighted by atomic mass is 19.4. The predicted molar refractivity (Wildman–Crippen MR) is 97.9 cm³/mol. The van der Waals surface area contributed by atoms with Crippen LogP contribution in [0.4, 0.5) is 13.2 Å². The molecule has 1 aromatic carbocycles. The average Bonchev–Trinajstić information content (AvgIpc) is 3.02. The van der Waals surface area contributed by atoms with Crippen molar-refractivity contribution in [2.75, 3.05) is 0 Å². The second-order valence-electron chi connectivity index (χ2n) is 6.13. The van der Waals surface area contributed by atoms with Gasteiger partial charge in [-0.25, -0.2) is 19.3 Å². The number of hydrogen-bond donors (Lipinski definition) is 3. The molecule has 9 nitrogen and oxygen atoms in total. The van der Waals surface area contributed by atoms with Crippen molar-refractivity contribution < 1.29 is 23.1 Å². The number of halogens is 3. The van der Waals surface area contributed by atoms with Crippen molar-refractivity contribution in [2.45, 2.75) is 6.18 Å². The standard InChI is InChI=1S/C18H11F3N6O3/c19-18(20,21)9-3-1-2-4-10(9)27-16-13(25-17(27)30)12(14(22)29)24-15(26-16)8-7-23-6-5-11(8)28/h1-7H,(H2,22,29)(H,23,28)(H,25,30). The van der Waals surface area contributed by atoms with Crippen molar-refractivity contribution in [1.82, 2.24) is 24.5 Å². The summed E-state index contributed by atoms with van der Waals surface area (Å²) in [7, 11) is 0. The number of rotatable bonds is 3. The van der Waals surface area contributed by atoms with Gasteiger partial charge in [-0.15, -0.1) is 0 Å². The van der Waals surface area contributed by atoms with Crippen LogP contribution >= 0.6 is 0 Å². The molecule has 3 heterocycles. The molecule has 1 amide bonds. The fourth-order valence-electron chi connectivity index (χ4n) is 2.97. The second kappa shape index (κ2) is 6.69. The number of aromatic amines is 1. The molecule has 0 fully saturated rings. The number of amides is 1. The van der Waals surface area contributed by atoms with Crippen LogP contribution in [-0.4, -0.2) is 35.5 Å². The number of para-hydroxylation sites is 1. The van der Waals surface area contributed by atoms with E-state index in [1.54, 1.807) is 0 Å². The first-order chi connectivity index (χ1) is 14.2. The predicted octanol–water partition coefficient (Wildman–Crippen LogP) is 1.99. The smallest absolute Gasteiger partial charge is 0.418 e. The molecule has 4 aromatic rings. The van der Waals surface area contributed by atoms with Crippen molar-refractivity contribution in [2.24, 2.45) is 5.73 Å². The number of aromatic hydroxyl groups is 1. The summed E-state index contributed by atoms with van der Waals surface area (Å²) in [6.07, 6.45) is -2.28. The van der Waals surface area contributed by atoms with Gasteiger partial charge in [0.05, 0.1) is 16.8 Å². The van der Waals surface area contributed by atoms with Crippen LogP contribution in [0.25, 0.3) is 28.2 Å². The third-order valence-electron chi connectivity index (χ3n) is 4.26. The minimum Gasteiger partial charge on any atom is -0.507 e. The summed E-state index contributed by atoms with van der Waals surface area (Å²) >= 11 is 0. The number of imidazole rings is 1. The van der Waals surface area contributed by atoms with Crippen LogP contribution in [0.3, 0.4) is 0 Å². The molecule has 4 rings (SSSR count). The first-order valence-electron chi connectivity index (χ1n) is 8.31. The summed E-state index contributed by atoms with van der Waals surface area (Å²) in [4.78, 5) is 38.7. The number of H-pyrrole nitrogens is 1. The van der Waals surface area contributed by atoms with Gasteiger partial charge in [0.25, 0.3) is 5.91 Å². The summed E-state index contributed by atoms with van der Waals surface area (Å²) in [5, 5.41) is 10.0. The Hall–Kier alpha value is -4.22. The van der Waals surface area contributed by atoms with E-state index in [1.165, 1.54) is 30.6 Å². The first kappa shape index (κ1) is 19.1. The molecule has 0 spiro atoms. The maximum atomic E-state index is 13.5. The summed E-state index contributed by atoms with van der Waals surface area (Å²) < 4.78 is 41.2. The van der Waals surface area contributed by atoms with E-state index in [1.807, 2.05) is 0 Å². The van der Waals surface area contributed by atoms with Gasteiger partial charge < -0.3 is 15.8 Å². The van der Waals surface area contributed by atoms with Crippen LogP contribution in [0.2, 0.25) is 0 Å². The van der Waals surface area contributed by atoms with Gasteiger partial charge in [-0.05, 0) is 18.2 Å². The molecule has 4 N–H and O–H groups in total. The van der Waals surface area contributed by atoms with Crippen LogP contribution in [0.15, 0.2) is 47.5 Å². The van der Waals surface area contributed by atoms with E-state index in [0.29, 0.717) is 4.57 Å². The van der Waals surface area contributed by atoms with Gasteiger partial charge in [-0.1, -0.05) is 12.1 Å². The Bertz CT molecular complexity index is 1360. The summed E-state index contributed by atoms with van der Waals surface area (Å²) in [6, 6.07) is 5.63. The molecule has 0 atom stereocenters. The van der Waals surface area contributed by atoms with Crippen LogP contribution in [-0.2, 0) is 6.18 Å². The lowest BCUT2D eigenvalue weighted by molar-refractivity contribution is -0.137. The Morgan fingerprint density at radius 1 is 1.17 bits per heavy atom. The first-order valence-corrected chi connectivity index (χ1v) is 8.31. The third-order valence-corrected chi connectivity index (χ3v) is 4.26. The highest BCUT2D eigenvalue weighted by molar-refractivity contribution is 6.02. The number of nitrogens with zero attached hydrogens (tertiary/aromatic N) is 4. The fraction of sp³-hybridized carbons (Fsp3) is 0.0556. The largest absolute Gasteiger partial charge is 0.507 e. The monoisotopic (exact) mass is 416 g/mol. The van der Waals surface area contributed by atoms with Crippen molar-refractivity contribution >= 4 is 17.1 Å². The maximum Gasteiger partial charge on any atom is 0.418 e. The normalized spacial score (nSPS) is 11.7. The highest BCUT2D eigenvalue weighted by Crippen LogP contribution is 2.34. The molecule has 0 aliphatic heterocycles. The molecule has 152 valence electrons. The highest BCUT2D eigenvalue weighted by Gasteiger charge is 2.35. The topological polar surface area (TPSA) is 140 Å². The lowest BCUT2D eigenvalue weighted by Gasteiger charge is -2.13.